The molecule has 344 valence electrons. The fraction of sp³-hybridized carbons (Fsp3) is 0.156. The Morgan fingerprint density at radius 1 is 0.580 bits per heavy atom. The van der Waals surface area contributed by atoms with Crippen LogP contribution in [0.4, 0.5) is 0 Å². The molecule has 69 heavy (non-hydrogen) atoms. The number of imidazole rings is 1. The molecule has 0 fully saturated rings. The van der Waals surface area contributed by atoms with Crippen LogP contribution in [0.5, 0.6) is 5.75 Å². The molecule has 5 heteroatoms. The topological polar surface area (TPSA) is 50.9 Å². The first kappa shape index (κ1) is 31.1. The number of phenolic OH excluding ortho intramolecular Hbond substituents is 1. The zero-order chi connectivity index (χ0) is 60.9. The fourth-order valence-corrected chi connectivity index (χ4v) is 8.81. The molecule has 0 atom stereocenters. The summed E-state index contributed by atoms with van der Waals surface area (Å²) >= 11 is 0. The summed E-state index contributed by atoms with van der Waals surface area (Å²) in [5.41, 5.74) is 3.76. The third-order valence-corrected chi connectivity index (χ3v) is 12.1. The van der Waals surface area contributed by atoms with Gasteiger partial charge in [-0.05, 0) is 111 Å². The fourth-order valence-electron chi connectivity index (χ4n) is 8.81. The second-order valence-corrected chi connectivity index (χ2v) is 18.1. The molecular formula is C64H56N3OPt-. The van der Waals surface area contributed by atoms with Gasteiger partial charge in [-0.2, -0.15) is 0 Å². The average Bonchev–Trinajstić information content (AvgIpc) is 1.23. The maximum atomic E-state index is 12.1. The number of phenols is 1. The van der Waals surface area contributed by atoms with Crippen molar-refractivity contribution >= 4 is 11.0 Å². The SMILES string of the molecule is [2H]c1nc(-c2[c-]c(-c3cccc4c3nc(-c3cc(C)cc(C)c3O)n4-c3cc(-c4ccccc4)c(C(C)(C)C)cc3-c3ccccc3)cc(-c3ccccc3)c2)c([2H])c(-c2c([2H])c([2H])c(C(C([2H])([2H])[2H])(C([2H])([2H])[2H])C([2H])([2H])[2H])c([2H])c2[2H])c1[2H].[Pt]. The van der Waals surface area contributed by atoms with Gasteiger partial charge in [0.1, 0.15) is 11.6 Å². The summed E-state index contributed by atoms with van der Waals surface area (Å²) in [6, 6.07) is 43.9. The van der Waals surface area contributed by atoms with Crippen molar-refractivity contribution in [3.8, 4) is 89.7 Å². The first-order chi connectivity index (χ1) is 39.4. The van der Waals surface area contributed by atoms with Gasteiger partial charge < -0.3 is 5.11 Å². The van der Waals surface area contributed by atoms with Crippen LogP contribution in [0.25, 0.3) is 95.0 Å². The molecule has 4 nitrogen and oxygen atoms in total. The Morgan fingerprint density at radius 3 is 1.87 bits per heavy atom. The predicted molar refractivity (Wildman–Crippen MR) is 284 cm³/mol. The Balaban J connectivity index is 0.00000865. The van der Waals surface area contributed by atoms with E-state index in [1.807, 2.05) is 117 Å². The average molecular weight is 1090 g/mol. The van der Waals surface area contributed by atoms with Gasteiger partial charge in [-0.3, -0.25) is 9.55 Å². The summed E-state index contributed by atoms with van der Waals surface area (Å²) in [5.74, 6) is 0.455. The van der Waals surface area contributed by atoms with Gasteiger partial charge in [0.05, 0.1) is 31.9 Å². The molecule has 0 saturated carbocycles. The van der Waals surface area contributed by atoms with Gasteiger partial charge in [0.15, 0.2) is 0 Å². The standard InChI is InChI=1S/C64H56N3O.Pt/c1-41-33-42(2)61(68)55(34-41)62-66-60-52(25-18-26-58(60)67(62)59-40-53(45-21-14-10-15-22-45)56(64(6,7)8)39-54(59)46-23-16-11-17-24-46)49-35-48(43-19-12-9-13-20-43)36-50(37-49)57-38-47(31-32-65-57)44-27-29-51(30-28-44)63(3,4)5;/h9-36,38-40,68H,1-8H3;/q-1;/i3D3,4D3,5D3,27D,28D,29D,30D,31D,32D,38D;. The predicted octanol–water partition coefficient (Wildman–Crippen LogP) is 16.8. The molecule has 0 amide bonds. The van der Waals surface area contributed by atoms with Crippen molar-refractivity contribution in [2.45, 2.75) is 66.0 Å². The number of benzene rings is 8. The van der Waals surface area contributed by atoms with E-state index in [9.17, 15) is 9.22 Å². The van der Waals surface area contributed by atoms with Gasteiger partial charge in [0.25, 0.3) is 0 Å². The molecular weight excluding hydrogens is 1020 g/mol. The quantitative estimate of drug-likeness (QED) is 0.154. The molecule has 0 radical (unpaired) electrons. The van der Waals surface area contributed by atoms with Crippen LogP contribution in [0.2, 0.25) is 0 Å². The maximum Gasteiger partial charge on any atom is 0.148 e. The number of aromatic nitrogens is 3. The molecule has 0 aliphatic rings. The summed E-state index contributed by atoms with van der Waals surface area (Å²) in [4.78, 5) is 9.90. The van der Waals surface area contributed by atoms with Gasteiger partial charge >= 0.3 is 0 Å². The smallest absolute Gasteiger partial charge is 0.148 e. The minimum Gasteiger partial charge on any atom is -0.507 e. The molecule has 10 aromatic rings. The summed E-state index contributed by atoms with van der Waals surface area (Å²) in [7, 11) is 0. The van der Waals surface area contributed by atoms with Crippen molar-refractivity contribution in [3.63, 3.8) is 0 Å². The van der Waals surface area contributed by atoms with Crippen LogP contribution in [0.1, 0.15) is 85.5 Å². The molecule has 10 rings (SSSR count). The van der Waals surface area contributed by atoms with Gasteiger partial charge in [0.2, 0.25) is 0 Å². The van der Waals surface area contributed by atoms with E-state index in [2.05, 4.69) is 72.8 Å². The molecule has 0 unspecified atom stereocenters. The summed E-state index contributed by atoms with van der Waals surface area (Å²) in [5, 5.41) is 12.1. The first-order valence-electron chi connectivity index (χ1n) is 30.2. The number of fused-ring (bicyclic) bond motifs is 1. The summed E-state index contributed by atoms with van der Waals surface area (Å²) in [6.45, 7) is -1.49. The van der Waals surface area contributed by atoms with Crippen LogP contribution >= 0.6 is 0 Å². The number of para-hydroxylation sites is 1. The van der Waals surface area contributed by atoms with Gasteiger partial charge in [-0.15, -0.1) is 23.8 Å². The minimum atomic E-state index is -3.94. The minimum absolute atomic E-state index is 0. The van der Waals surface area contributed by atoms with Gasteiger partial charge in [0, 0.05) is 50.8 Å². The van der Waals surface area contributed by atoms with E-state index in [-0.39, 0.29) is 43.5 Å². The van der Waals surface area contributed by atoms with Crippen LogP contribution in [0.3, 0.4) is 0 Å². The Bertz CT molecular complexity index is 4180. The molecule has 2 heterocycles. The van der Waals surface area contributed by atoms with E-state index in [1.54, 1.807) is 6.07 Å². The molecule has 1 N–H and O–H groups in total. The van der Waals surface area contributed by atoms with E-state index in [4.69, 9.17) is 22.8 Å². The van der Waals surface area contributed by atoms with E-state index in [0.717, 1.165) is 39.1 Å². The number of hydrogen-bond donors (Lipinski definition) is 1. The van der Waals surface area contributed by atoms with Crippen LogP contribution in [-0.4, -0.2) is 19.6 Å². The molecule has 8 aromatic carbocycles. The molecule has 2 aromatic heterocycles. The van der Waals surface area contributed by atoms with Crippen LogP contribution in [0, 0.1) is 19.9 Å². The van der Waals surface area contributed by atoms with Crippen molar-refractivity contribution in [3.05, 3.63) is 216 Å². The second kappa shape index (κ2) is 18.7. The van der Waals surface area contributed by atoms with Crippen LogP contribution in [0.15, 0.2) is 188 Å². The van der Waals surface area contributed by atoms with Crippen molar-refractivity contribution in [2.24, 2.45) is 0 Å². The van der Waals surface area contributed by atoms with E-state index < -0.39 is 85.1 Å². The van der Waals surface area contributed by atoms with Crippen molar-refractivity contribution < 1.29 is 48.1 Å². The number of rotatable bonds is 8. The third kappa shape index (κ3) is 9.27. The Labute approximate surface area is 444 Å². The zero-order valence-corrected chi connectivity index (χ0v) is 40.7. The zero-order valence-electron chi connectivity index (χ0n) is 54.5. The largest absolute Gasteiger partial charge is 0.507 e. The summed E-state index contributed by atoms with van der Waals surface area (Å²) < 4.78 is 141. The second-order valence-electron chi connectivity index (χ2n) is 18.1. The Kier molecular flexibility index (Phi) is 8.45. The molecule has 0 aliphatic heterocycles. The van der Waals surface area contributed by atoms with Crippen LogP contribution < -0.4 is 0 Å². The van der Waals surface area contributed by atoms with E-state index >= 15 is 0 Å². The van der Waals surface area contributed by atoms with Crippen molar-refractivity contribution in [2.75, 3.05) is 0 Å². The number of hydrogen-bond acceptors (Lipinski definition) is 3. The molecule has 0 aliphatic carbocycles. The molecule has 0 saturated heterocycles. The molecule has 0 spiro atoms. The monoisotopic (exact) mass is 1090 g/mol. The number of aryl methyl sites for hydroxylation is 2. The number of nitrogens with zero attached hydrogens (tertiary/aromatic N) is 3. The van der Waals surface area contributed by atoms with Gasteiger partial charge in [-0.1, -0.05) is 197 Å². The van der Waals surface area contributed by atoms with E-state index in [1.165, 1.54) is 0 Å². The van der Waals surface area contributed by atoms with Crippen molar-refractivity contribution in [1.29, 1.82) is 0 Å². The van der Waals surface area contributed by atoms with Gasteiger partial charge in [-0.25, -0.2) is 4.98 Å². The number of aromatic hydroxyl groups is 1. The third-order valence-electron chi connectivity index (χ3n) is 12.1. The van der Waals surface area contributed by atoms with Crippen LogP contribution in [-0.2, 0) is 31.9 Å². The Hall–Kier alpha value is -7.13. The summed E-state index contributed by atoms with van der Waals surface area (Å²) in [6.07, 6.45) is -0.765. The number of pyridine rings is 1. The Morgan fingerprint density at radius 2 is 1.22 bits per heavy atom. The maximum absolute atomic E-state index is 12.1. The van der Waals surface area contributed by atoms with E-state index in [0.29, 0.717) is 50.2 Å². The first-order valence-corrected chi connectivity index (χ1v) is 22.2. The normalized spacial score (nSPS) is 15.6. The van der Waals surface area contributed by atoms with Crippen molar-refractivity contribution in [1.82, 2.24) is 14.5 Å². The molecule has 0 bridgehead atoms.